The molecule has 0 N–H and O–H groups in total. The smallest absolute Gasteiger partial charge is 0.225 e. The molecule has 0 aliphatic carbocycles. The highest BCUT2D eigenvalue weighted by Crippen LogP contribution is 2.23. The molecule has 7 heteroatoms. The monoisotopic (exact) mass is 316 g/mol. The molecular weight excluding hydrogens is 292 g/mol. The van der Waals surface area contributed by atoms with Gasteiger partial charge in [-0.1, -0.05) is 13.8 Å². The molecule has 0 spiro atoms. The third-order valence-corrected chi connectivity index (χ3v) is 4.73. The molecule has 1 amide bonds. The summed E-state index contributed by atoms with van der Waals surface area (Å²) < 4.78 is 1.76. The van der Waals surface area contributed by atoms with Gasteiger partial charge in [-0.05, 0) is 12.8 Å². The molecule has 2 aromatic heterocycles. The van der Waals surface area contributed by atoms with Gasteiger partial charge in [0, 0.05) is 39.1 Å². The molecule has 7 nitrogen and oxygen atoms in total. The van der Waals surface area contributed by atoms with E-state index in [0.29, 0.717) is 5.91 Å². The molecule has 0 radical (unpaired) electrons. The summed E-state index contributed by atoms with van der Waals surface area (Å²) in [4.78, 5) is 25.4. The van der Waals surface area contributed by atoms with Crippen molar-refractivity contribution in [2.45, 2.75) is 26.7 Å². The fraction of sp³-hybridized carbons (Fsp3) is 0.625. The third kappa shape index (κ3) is 2.87. The van der Waals surface area contributed by atoms with Gasteiger partial charge in [-0.2, -0.15) is 5.10 Å². The summed E-state index contributed by atoms with van der Waals surface area (Å²) >= 11 is 0. The van der Waals surface area contributed by atoms with Crippen LogP contribution in [0.25, 0.3) is 11.0 Å². The van der Waals surface area contributed by atoms with Crippen molar-refractivity contribution in [3.63, 3.8) is 0 Å². The Balaban J connectivity index is 1.72. The lowest BCUT2D eigenvalue weighted by Gasteiger charge is -2.37. The first-order valence-electron chi connectivity index (χ1n) is 8.32. The zero-order valence-electron chi connectivity index (χ0n) is 14.1. The Kier molecular flexibility index (Phi) is 4.45. The van der Waals surface area contributed by atoms with Gasteiger partial charge in [-0.25, -0.2) is 9.97 Å². The van der Waals surface area contributed by atoms with Crippen LogP contribution >= 0.6 is 0 Å². The number of carbonyl (C=O) groups is 1. The first-order valence-corrected chi connectivity index (χ1v) is 8.32. The maximum Gasteiger partial charge on any atom is 0.225 e. The topological polar surface area (TPSA) is 67.2 Å². The number of hydrogen-bond donors (Lipinski definition) is 0. The second kappa shape index (κ2) is 6.52. The number of amides is 1. The molecule has 1 fully saturated rings. The zero-order valence-corrected chi connectivity index (χ0v) is 14.1. The molecule has 0 unspecified atom stereocenters. The van der Waals surface area contributed by atoms with Crippen molar-refractivity contribution in [1.29, 1.82) is 0 Å². The van der Waals surface area contributed by atoms with Crippen LogP contribution in [0.3, 0.4) is 0 Å². The first-order chi connectivity index (χ1) is 11.2. The van der Waals surface area contributed by atoms with E-state index >= 15 is 0 Å². The predicted molar refractivity (Wildman–Crippen MR) is 89.2 cm³/mol. The molecule has 0 aromatic carbocycles. The van der Waals surface area contributed by atoms with E-state index in [9.17, 15) is 4.79 Å². The largest absolute Gasteiger partial charge is 0.352 e. The van der Waals surface area contributed by atoms with E-state index in [4.69, 9.17) is 0 Å². The number of piperazine rings is 1. The highest BCUT2D eigenvalue weighted by atomic mass is 16.2. The van der Waals surface area contributed by atoms with Crippen molar-refractivity contribution in [3.8, 4) is 0 Å². The third-order valence-electron chi connectivity index (χ3n) is 4.73. The van der Waals surface area contributed by atoms with Gasteiger partial charge in [0.15, 0.2) is 5.65 Å². The highest BCUT2D eigenvalue weighted by Gasteiger charge is 2.26. The van der Waals surface area contributed by atoms with Crippen molar-refractivity contribution < 1.29 is 4.79 Å². The molecular formula is C16H24N6O. The SMILES string of the molecule is CCC(CC)C(=O)N1CCN(c2ncnc3c2cnn3C)CC1. The molecule has 1 aliphatic heterocycles. The quantitative estimate of drug-likeness (QED) is 0.854. The molecule has 3 heterocycles. The van der Waals surface area contributed by atoms with Gasteiger partial charge in [-0.15, -0.1) is 0 Å². The highest BCUT2D eigenvalue weighted by molar-refractivity contribution is 5.87. The molecule has 0 atom stereocenters. The van der Waals surface area contributed by atoms with Gasteiger partial charge >= 0.3 is 0 Å². The van der Waals surface area contributed by atoms with Gasteiger partial charge in [-0.3, -0.25) is 9.48 Å². The van der Waals surface area contributed by atoms with Crippen LogP contribution in [0.5, 0.6) is 0 Å². The summed E-state index contributed by atoms with van der Waals surface area (Å²) in [7, 11) is 1.88. The molecule has 2 aromatic rings. The van der Waals surface area contributed by atoms with E-state index < -0.39 is 0 Å². The number of nitrogens with zero attached hydrogens (tertiary/aromatic N) is 6. The van der Waals surface area contributed by atoms with Crippen molar-refractivity contribution in [3.05, 3.63) is 12.5 Å². The second-order valence-corrected chi connectivity index (χ2v) is 6.03. The van der Waals surface area contributed by atoms with Gasteiger partial charge in [0.05, 0.1) is 11.6 Å². The zero-order chi connectivity index (χ0) is 16.4. The maximum absolute atomic E-state index is 12.5. The number of fused-ring (bicyclic) bond motifs is 1. The minimum absolute atomic E-state index is 0.158. The first kappa shape index (κ1) is 15.7. The Bertz CT molecular complexity index is 685. The summed E-state index contributed by atoms with van der Waals surface area (Å²) in [6, 6.07) is 0. The Hall–Kier alpha value is -2.18. The van der Waals surface area contributed by atoms with Gasteiger partial charge in [0.2, 0.25) is 5.91 Å². The van der Waals surface area contributed by atoms with Crippen molar-refractivity contribution >= 4 is 22.8 Å². The average Bonchev–Trinajstić information content (AvgIpc) is 2.97. The Morgan fingerprint density at radius 2 is 1.87 bits per heavy atom. The number of rotatable bonds is 4. The number of carbonyl (C=O) groups excluding carboxylic acids is 1. The van der Waals surface area contributed by atoms with E-state index in [1.54, 1.807) is 11.0 Å². The van der Waals surface area contributed by atoms with Crippen molar-refractivity contribution in [1.82, 2.24) is 24.6 Å². The van der Waals surface area contributed by atoms with Crippen LogP contribution in [0.4, 0.5) is 5.82 Å². The van der Waals surface area contributed by atoms with Crippen LogP contribution in [0.1, 0.15) is 26.7 Å². The lowest BCUT2D eigenvalue weighted by molar-refractivity contribution is -0.136. The lowest BCUT2D eigenvalue weighted by atomic mass is 10.0. The minimum Gasteiger partial charge on any atom is -0.352 e. The minimum atomic E-state index is 0.158. The van der Waals surface area contributed by atoms with E-state index in [0.717, 1.165) is 55.9 Å². The predicted octanol–water partition coefficient (Wildman–Crippen LogP) is 1.45. The lowest BCUT2D eigenvalue weighted by Crippen LogP contribution is -2.50. The van der Waals surface area contributed by atoms with Crippen LogP contribution < -0.4 is 4.90 Å². The fourth-order valence-corrected chi connectivity index (χ4v) is 3.24. The number of anilines is 1. The van der Waals surface area contributed by atoms with Crippen molar-refractivity contribution in [2.24, 2.45) is 13.0 Å². The summed E-state index contributed by atoms with van der Waals surface area (Å²) in [6.45, 7) is 7.27. The van der Waals surface area contributed by atoms with E-state index in [2.05, 4.69) is 33.8 Å². The normalized spacial score (nSPS) is 15.7. The average molecular weight is 316 g/mol. The Morgan fingerprint density at radius 1 is 1.17 bits per heavy atom. The fourth-order valence-electron chi connectivity index (χ4n) is 3.24. The molecule has 3 rings (SSSR count). The van der Waals surface area contributed by atoms with Crippen LogP contribution in [-0.4, -0.2) is 56.7 Å². The molecule has 0 bridgehead atoms. The van der Waals surface area contributed by atoms with Gasteiger partial charge in [0.25, 0.3) is 0 Å². The van der Waals surface area contributed by atoms with E-state index in [1.165, 1.54) is 0 Å². The Labute approximate surface area is 136 Å². The summed E-state index contributed by atoms with van der Waals surface area (Å²) in [5, 5.41) is 5.23. The van der Waals surface area contributed by atoms with Gasteiger partial charge in [0.1, 0.15) is 12.1 Å². The maximum atomic E-state index is 12.5. The second-order valence-electron chi connectivity index (χ2n) is 6.03. The molecule has 23 heavy (non-hydrogen) atoms. The summed E-state index contributed by atoms with van der Waals surface area (Å²) in [5.74, 6) is 1.37. The summed E-state index contributed by atoms with van der Waals surface area (Å²) in [6.07, 6.45) is 5.23. The Morgan fingerprint density at radius 3 is 2.52 bits per heavy atom. The molecule has 0 saturated carbocycles. The number of aromatic nitrogens is 4. The number of aryl methyl sites for hydroxylation is 1. The van der Waals surface area contributed by atoms with Crippen LogP contribution in [0.2, 0.25) is 0 Å². The molecule has 1 aliphatic rings. The van der Waals surface area contributed by atoms with Gasteiger partial charge < -0.3 is 9.80 Å². The van der Waals surface area contributed by atoms with E-state index in [-0.39, 0.29) is 5.92 Å². The standard InChI is InChI=1S/C16H24N6O/c1-4-12(5-2)16(23)22-8-6-21(7-9-22)15-13-10-19-20(3)14(13)17-11-18-15/h10-12H,4-9H2,1-3H3. The van der Waals surface area contributed by atoms with Crippen LogP contribution in [0.15, 0.2) is 12.5 Å². The summed E-state index contributed by atoms with van der Waals surface area (Å²) in [5.41, 5.74) is 0.838. The van der Waals surface area contributed by atoms with Crippen molar-refractivity contribution in [2.75, 3.05) is 31.1 Å². The van der Waals surface area contributed by atoms with E-state index in [1.807, 2.05) is 18.1 Å². The van der Waals surface area contributed by atoms with Crippen LogP contribution in [0, 0.1) is 5.92 Å². The molecule has 1 saturated heterocycles. The number of hydrogen-bond acceptors (Lipinski definition) is 5. The molecule has 124 valence electrons. The van der Waals surface area contributed by atoms with Crippen LogP contribution in [-0.2, 0) is 11.8 Å².